The molecular formula is C22H35N3O4. The minimum atomic E-state index is -0.256. The number of likely N-dealkylation sites (tertiary alicyclic amines) is 2. The number of piperidine rings is 2. The number of nitrogens with zero attached hydrogens (tertiary/aromatic N) is 3. The molecule has 0 radical (unpaired) electrons. The lowest BCUT2D eigenvalue weighted by atomic mass is 9.71. The molecule has 1 spiro atoms. The van der Waals surface area contributed by atoms with Gasteiger partial charge in [-0.05, 0) is 57.8 Å². The van der Waals surface area contributed by atoms with Crippen molar-refractivity contribution in [3.05, 3.63) is 17.0 Å². The van der Waals surface area contributed by atoms with Crippen LogP contribution in [-0.4, -0.2) is 77.5 Å². The van der Waals surface area contributed by atoms with Gasteiger partial charge in [-0.3, -0.25) is 9.69 Å². The highest BCUT2D eigenvalue weighted by Crippen LogP contribution is 2.41. The van der Waals surface area contributed by atoms with Gasteiger partial charge < -0.3 is 19.3 Å². The Morgan fingerprint density at radius 3 is 2.62 bits per heavy atom. The number of ether oxygens (including phenoxy) is 1. The van der Waals surface area contributed by atoms with E-state index < -0.39 is 0 Å². The molecule has 1 unspecified atom stereocenters. The molecule has 0 aromatic carbocycles. The molecule has 4 heterocycles. The van der Waals surface area contributed by atoms with Gasteiger partial charge in [-0.15, -0.1) is 0 Å². The van der Waals surface area contributed by atoms with E-state index in [1.807, 2.05) is 18.7 Å². The Labute approximate surface area is 173 Å². The summed E-state index contributed by atoms with van der Waals surface area (Å²) in [5, 5.41) is 14.6. The van der Waals surface area contributed by atoms with E-state index in [9.17, 15) is 9.90 Å². The first-order valence-corrected chi connectivity index (χ1v) is 11.2. The summed E-state index contributed by atoms with van der Waals surface area (Å²) in [6, 6.07) is 0.533. The van der Waals surface area contributed by atoms with E-state index in [-0.39, 0.29) is 17.4 Å². The van der Waals surface area contributed by atoms with Crippen molar-refractivity contribution in [2.24, 2.45) is 5.41 Å². The van der Waals surface area contributed by atoms with Crippen LogP contribution in [0.25, 0.3) is 0 Å². The van der Waals surface area contributed by atoms with E-state index in [0.29, 0.717) is 18.9 Å². The molecule has 1 atom stereocenters. The predicted octanol–water partition coefficient (Wildman–Crippen LogP) is 2.08. The highest BCUT2D eigenvalue weighted by Gasteiger charge is 2.43. The van der Waals surface area contributed by atoms with Gasteiger partial charge in [0.2, 0.25) is 5.91 Å². The number of β-amino-alcohol motifs (C(OH)–C–C–N with tert-alkyl or cyclic N) is 1. The summed E-state index contributed by atoms with van der Waals surface area (Å²) >= 11 is 0. The maximum atomic E-state index is 12.8. The van der Waals surface area contributed by atoms with Crippen molar-refractivity contribution in [1.82, 2.24) is 15.0 Å². The zero-order valence-corrected chi connectivity index (χ0v) is 17.9. The molecule has 4 rings (SSSR count). The number of carbonyl (C=O) groups is 1. The Bertz CT molecular complexity index is 685. The van der Waals surface area contributed by atoms with Crippen LogP contribution in [0.4, 0.5) is 0 Å². The Morgan fingerprint density at radius 2 is 1.97 bits per heavy atom. The van der Waals surface area contributed by atoms with Gasteiger partial charge >= 0.3 is 0 Å². The predicted molar refractivity (Wildman–Crippen MR) is 109 cm³/mol. The molecule has 29 heavy (non-hydrogen) atoms. The lowest BCUT2D eigenvalue weighted by molar-refractivity contribution is -0.135. The Kier molecular flexibility index (Phi) is 6.27. The van der Waals surface area contributed by atoms with Crippen LogP contribution in [0.5, 0.6) is 0 Å². The zero-order chi connectivity index (χ0) is 20.4. The normalized spacial score (nSPS) is 26.2. The second kappa shape index (κ2) is 8.74. The summed E-state index contributed by atoms with van der Waals surface area (Å²) in [5.74, 6) is 1.04. The minimum absolute atomic E-state index is 0.147. The Hall–Kier alpha value is -1.44. The van der Waals surface area contributed by atoms with Gasteiger partial charge in [0.05, 0.1) is 11.8 Å². The first kappa shape index (κ1) is 20.8. The molecule has 162 valence electrons. The molecule has 0 aliphatic carbocycles. The molecule has 7 nitrogen and oxygen atoms in total. The molecule has 3 aliphatic rings. The third-order valence-corrected chi connectivity index (χ3v) is 7.31. The molecule has 1 aromatic rings. The monoisotopic (exact) mass is 405 g/mol. The Balaban J connectivity index is 1.31. The van der Waals surface area contributed by atoms with Gasteiger partial charge in [-0.1, -0.05) is 5.16 Å². The first-order chi connectivity index (χ1) is 14.0. The maximum absolute atomic E-state index is 12.8. The van der Waals surface area contributed by atoms with Crippen LogP contribution < -0.4 is 0 Å². The van der Waals surface area contributed by atoms with Crippen molar-refractivity contribution in [3.8, 4) is 0 Å². The average molecular weight is 406 g/mol. The number of aryl methyl sites for hydroxylation is 2. The molecule has 0 saturated carbocycles. The highest BCUT2D eigenvalue weighted by molar-refractivity contribution is 5.76. The number of amides is 1. The summed E-state index contributed by atoms with van der Waals surface area (Å²) in [4.78, 5) is 17.3. The smallest absolute Gasteiger partial charge is 0.222 e. The van der Waals surface area contributed by atoms with Crippen LogP contribution >= 0.6 is 0 Å². The third-order valence-electron chi connectivity index (χ3n) is 7.31. The van der Waals surface area contributed by atoms with Gasteiger partial charge in [0.25, 0.3) is 0 Å². The average Bonchev–Trinajstić information content (AvgIpc) is 3.04. The van der Waals surface area contributed by atoms with Crippen molar-refractivity contribution in [2.45, 2.75) is 70.9 Å². The lowest BCUT2D eigenvalue weighted by Crippen LogP contribution is -2.57. The molecule has 7 heteroatoms. The fourth-order valence-corrected chi connectivity index (χ4v) is 5.57. The van der Waals surface area contributed by atoms with Crippen LogP contribution in [0.1, 0.15) is 55.5 Å². The van der Waals surface area contributed by atoms with Crippen molar-refractivity contribution < 1.29 is 19.2 Å². The van der Waals surface area contributed by atoms with Crippen LogP contribution in [-0.2, 0) is 16.0 Å². The zero-order valence-electron chi connectivity index (χ0n) is 17.9. The fourth-order valence-electron chi connectivity index (χ4n) is 5.57. The fraction of sp³-hybridized carbons (Fsp3) is 0.818. The summed E-state index contributed by atoms with van der Waals surface area (Å²) < 4.78 is 10.7. The second-order valence-electron chi connectivity index (χ2n) is 9.31. The standard InChI is InChI=1S/C22H35N3O4/c1-16-20(17(2)29-23-16)3-4-21(27)24-9-7-22(8-10-24)13-19(26)14-25(15-22)18-5-11-28-12-6-18/h18-19,26H,3-15H2,1-2H3. The summed E-state index contributed by atoms with van der Waals surface area (Å²) in [6.07, 6.45) is 5.91. The molecule has 1 amide bonds. The molecular weight excluding hydrogens is 370 g/mol. The number of hydrogen-bond donors (Lipinski definition) is 1. The summed E-state index contributed by atoms with van der Waals surface area (Å²) in [5.41, 5.74) is 2.10. The van der Waals surface area contributed by atoms with Gasteiger partial charge in [-0.2, -0.15) is 0 Å². The van der Waals surface area contributed by atoms with E-state index >= 15 is 0 Å². The molecule has 1 N–H and O–H groups in total. The molecule has 0 bridgehead atoms. The number of aliphatic hydroxyl groups is 1. The number of aromatic nitrogens is 1. The third kappa shape index (κ3) is 4.67. The molecule has 3 fully saturated rings. The maximum Gasteiger partial charge on any atom is 0.222 e. The molecule has 3 aliphatic heterocycles. The van der Waals surface area contributed by atoms with Crippen molar-refractivity contribution in [1.29, 1.82) is 0 Å². The van der Waals surface area contributed by atoms with E-state index in [0.717, 1.165) is 88.5 Å². The van der Waals surface area contributed by atoms with Crippen LogP contribution in [0.2, 0.25) is 0 Å². The van der Waals surface area contributed by atoms with Gasteiger partial charge in [0.1, 0.15) is 5.76 Å². The summed E-state index contributed by atoms with van der Waals surface area (Å²) in [6.45, 7) is 8.93. The van der Waals surface area contributed by atoms with Gasteiger partial charge in [0.15, 0.2) is 0 Å². The highest BCUT2D eigenvalue weighted by atomic mass is 16.5. The topological polar surface area (TPSA) is 79.0 Å². The van der Waals surface area contributed by atoms with Crippen LogP contribution in [0.15, 0.2) is 4.52 Å². The van der Waals surface area contributed by atoms with Gasteiger partial charge in [-0.25, -0.2) is 0 Å². The number of rotatable bonds is 4. The van der Waals surface area contributed by atoms with Crippen molar-refractivity contribution in [3.63, 3.8) is 0 Å². The van der Waals surface area contributed by atoms with Crippen molar-refractivity contribution >= 4 is 5.91 Å². The van der Waals surface area contributed by atoms with E-state index in [2.05, 4.69) is 10.1 Å². The quantitative estimate of drug-likeness (QED) is 0.826. The van der Waals surface area contributed by atoms with Crippen LogP contribution in [0, 0.1) is 19.3 Å². The van der Waals surface area contributed by atoms with Crippen molar-refractivity contribution in [2.75, 3.05) is 39.4 Å². The second-order valence-corrected chi connectivity index (χ2v) is 9.31. The Morgan fingerprint density at radius 1 is 1.24 bits per heavy atom. The largest absolute Gasteiger partial charge is 0.392 e. The first-order valence-electron chi connectivity index (χ1n) is 11.2. The number of carbonyl (C=O) groups excluding carboxylic acids is 1. The van der Waals surface area contributed by atoms with Gasteiger partial charge in [0, 0.05) is 57.4 Å². The molecule has 1 aromatic heterocycles. The SMILES string of the molecule is Cc1noc(C)c1CCC(=O)N1CCC2(CC1)CC(O)CN(C1CCOCC1)C2. The van der Waals surface area contributed by atoms with E-state index in [1.54, 1.807) is 0 Å². The number of hydrogen-bond acceptors (Lipinski definition) is 6. The number of aliphatic hydroxyl groups excluding tert-OH is 1. The minimum Gasteiger partial charge on any atom is -0.392 e. The van der Waals surface area contributed by atoms with E-state index in [1.165, 1.54) is 0 Å². The lowest BCUT2D eigenvalue weighted by Gasteiger charge is -2.51. The summed E-state index contributed by atoms with van der Waals surface area (Å²) in [7, 11) is 0. The van der Waals surface area contributed by atoms with E-state index in [4.69, 9.17) is 9.26 Å². The van der Waals surface area contributed by atoms with Crippen LogP contribution in [0.3, 0.4) is 0 Å². The molecule has 3 saturated heterocycles.